The molecule has 5 amide bonds. The van der Waals surface area contributed by atoms with Gasteiger partial charge >= 0.3 is 14.5 Å². The lowest BCUT2D eigenvalue weighted by molar-refractivity contribution is -0.134. The molecule has 4 atom stereocenters. The highest BCUT2D eigenvalue weighted by molar-refractivity contribution is 7.67. The first kappa shape index (κ1) is 57.0. The summed E-state index contributed by atoms with van der Waals surface area (Å²) in [6.07, 6.45) is 4.06. The molecular weight excluding hydrogens is 906 g/mol. The molecule has 3 aromatic carbocycles. The largest absolute Gasteiger partial charge is 0.445 e. The van der Waals surface area contributed by atoms with E-state index in [1.807, 2.05) is 18.2 Å². The molecule has 0 aromatic heterocycles. The maximum atomic E-state index is 14.5. The third-order valence-electron chi connectivity index (χ3n) is 10.5. The van der Waals surface area contributed by atoms with Crippen LogP contribution in [0.15, 0.2) is 91.0 Å². The van der Waals surface area contributed by atoms with E-state index in [0.29, 0.717) is 63.2 Å². The van der Waals surface area contributed by atoms with Crippen LogP contribution in [0.25, 0.3) is 0 Å². The van der Waals surface area contributed by atoms with Crippen LogP contribution in [0, 0.1) is 5.41 Å². The summed E-state index contributed by atoms with van der Waals surface area (Å²) in [6.45, 7) is 1.25. The Morgan fingerprint density at radius 2 is 0.986 bits per heavy atom. The van der Waals surface area contributed by atoms with Gasteiger partial charge in [0.05, 0.1) is 6.04 Å². The van der Waals surface area contributed by atoms with Crippen molar-refractivity contribution >= 4 is 49.6 Å². The first-order valence-electron chi connectivity index (χ1n) is 23.6. The van der Waals surface area contributed by atoms with Crippen molar-refractivity contribution in [3.63, 3.8) is 0 Å². The number of hydrogen-bond acceptors (Lipinski definition) is 13. The SMILES string of the molecule is N=C(N)NCCC[C@H](NC(=O)[C@H](CCCCN)NC(=O)[C@H](CCNC(=O)OCc1ccccc1)NC(=O)[C@H](CCCCN)NC(=O)CCCCCN)C(=O)P(Oc1ccccc1)Oc1ccccc1. The predicted octanol–water partition coefficient (Wildman–Crippen LogP) is 3.28. The Hall–Kier alpha value is -6.34. The van der Waals surface area contributed by atoms with E-state index >= 15 is 0 Å². The van der Waals surface area contributed by atoms with Gasteiger partial charge in [-0.15, -0.1) is 0 Å². The molecule has 15 N–H and O–H groups in total. The lowest BCUT2D eigenvalue weighted by Crippen LogP contribution is -2.58. The number of carbonyl (C=O) groups excluding carboxylic acids is 6. The summed E-state index contributed by atoms with van der Waals surface area (Å²) >= 11 is 0. The second kappa shape index (κ2) is 34.0. The molecule has 0 bridgehead atoms. The Morgan fingerprint density at radius 1 is 0.522 bits per heavy atom. The van der Waals surface area contributed by atoms with Crippen LogP contribution in [-0.2, 0) is 35.3 Å². The van der Waals surface area contributed by atoms with Crippen LogP contribution in [0.2, 0.25) is 0 Å². The molecule has 0 unspecified atom stereocenters. The number of alkyl carbamates (subject to hydrolysis) is 1. The number of nitrogens with two attached hydrogens (primary N) is 4. The van der Waals surface area contributed by atoms with Crippen molar-refractivity contribution in [3.05, 3.63) is 96.6 Å². The summed E-state index contributed by atoms with van der Waals surface area (Å²) in [5.74, 6) is -2.00. The van der Waals surface area contributed by atoms with Gasteiger partial charge in [0.1, 0.15) is 36.2 Å². The molecule has 3 rings (SSSR count). The molecular formula is C48H72N11O9P. The molecule has 21 heteroatoms. The van der Waals surface area contributed by atoms with E-state index in [1.165, 1.54) is 0 Å². The lowest BCUT2D eigenvalue weighted by atomic mass is 10.0. The molecule has 0 aliphatic rings. The van der Waals surface area contributed by atoms with Gasteiger partial charge in [0.25, 0.3) is 5.52 Å². The van der Waals surface area contributed by atoms with E-state index in [2.05, 4.69) is 31.9 Å². The monoisotopic (exact) mass is 978 g/mol. The average molecular weight is 978 g/mol. The average Bonchev–Trinajstić information content (AvgIpc) is 3.35. The molecule has 0 aliphatic carbocycles. The first-order chi connectivity index (χ1) is 33.4. The van der Waals surface area contributed by atoms with Crippen molar-refractivity contribution in [2.75, 3.05) is 32.7 Å². The van der Waals surface area contributed by atoms with Crippen LogP contribution in [0.3, 0.4) is 0 Å². The summed E-state index contributed by atoms with van der Waals surface area (Å²) in [7, 11) is -2.38. The number of rotatable bonds is 35. The highest BCUT2D eigenvalue weighted by atomic mass is 31.2. The van der Waals surface area contributed by atoms with Crippen molar-refractivity contribution in [2.45, 2.75) is 114 Å². The second-order valence-corrected chi connectivity index (χ2v) is 17.5. The van der Waals surface area contributed by atoms with E-state index in [4.69, 9.17) is 42.1 Å². The Kier molecular flexibility index (Phi) is 28.1. The smallest absolute Gasteiger partial charge is 0.407 e. The second-order valence-electron chi connectivity index (χ2n) is 16.1. The van der Waals surface area contributed by atoms with Gasteiger partial charge in [0, 0.05) is 19.5 Å². The van der Waals surface area contributed by atoms with Crippen LogP contribution in [0.1, 0.15) is 89.0 Å². The Balaban J connectivity index is 1.91. The molecule has 0 saturated heterocycles. The van der Waals surface area contributed by atoms with Gasteiger partial charge in [-0.05, 0) is 120 Å². The molecule has 3 aromatic rings. The fourth-order valence-corrected chi connectivity index (χ4v) is 8.04. The maximum absolute atomic E-state index is 14.5. The van der Waals surface area contributed by atoms with Gasteiger partial charge in [-0.3, -0.25) is 29.4 Å². The summed E-state index contributed by atoms with van der Waals surface area (Å²) in [5.41, 5.74) is 22.9. The number of unbranched alkanes of at least 4 members (excludes halogenated alkanes) is 4. The zero-order valence-electron chi connectivity index (χ0n) is 39.3. The highest BCUT2D eigenvalue weighted by Crippen LogP contribution is 2.42. The van der Waals surface area contributed by atoms with E-state index in [1.54, 1.807) is 72.8 Å². The van der Waals surface area contributed by atoms with Crippen molar-refractivity contribution < 1.29 is 42.6 Å². The number of carbonyl (C=O) groups is 6. The zero-order valence-corrected chi connectivity index (χ0v) is 40.2. The van der Waals surface area contributed by atoms with Crippen LogP contribution >= 0.6 is 8.38 Å². The summed E-state index contributed by atoms with van der Waals surface area (Å²) in [5, 5.41) is 24.1. The van der Waals surface area contributed by atoms with Crippen LogP contribution < -0.4 is 63.9 Å². The highest BCUT2D eigenvalue weighted by Gasteiger charge is 2.36. The van der Waals surface area contributed by atoms with E-state index in [-0.39, 0.29) is 70.1 Å². The number of benzene rings is 3. The summed E-state index contributed by atoms with van der Waals surface area (Å²) < 4.78 is 17.6. The molecule has 69 heavy (non-hydrogen) atoms. The molecule has 0 aliphatic heterocycles. The van der Waals surface area contributed by atoms with Crippen molar-refractivity contribution in [2.24, 2.45) is 22.9 Å². The third-order valence-corrected chi connectivity index (χ3v) is 11.9. The van der Waals surface area contributed by atoms with Crippen LogP contribution in [-0.4, -0.2) is 98.1 Å². The standard InChI is InChI=1S/C48H72N11O9P/c49-29-14-4-11-27-42(60)56-38(24-12-15-30-50)43(61)58-40(28-33-55-48(65)66-34-35-18-5-1-6-19-35)45(63)57-39(25-13-16-31-51)44(62)59-41(26-17-32-54-47(52)53)46(64)69(67-36-20-7-2-8-21-36)68-37-22-9-3-10-23-37/h1-3,5-10,18-23,38-41H,4,11-17,24-34,49-51H2,(H,55,65)(H,56,60)(H,57,63)(H,58,61)(H,59,62)(H4,52,53,54)/t38-,39-,40-,41-/m0/s1. The van der Waals surface area contributed by atoms with E-state index in [0.717, 1.165) is 18.4 Å². The fourth-order valence-electron chi connectivity index (χ4n) is 6.75. The van der Waals surface area contributed by atoms with Crippen LogP contribution in [0.4, 0.5) is 4.79 Å². The molecule has 0 fully saturated rings. The van der Waals surface area contributed by atoms with Crippen LogP contribution in [0.5, 0.6) is 11.5 Å². The van der Waals surface area contributed by atoms with Gasteiger partial charge in [0.15, 0.2) is 5.96 Å². The summed E-state index contributed by atoms with van der Waals surface area (Å²) in [6, 6.07) is 21.5. The number of amides is 5. The minimum Gasteiger partial charge on any atom is -0.445 e. The van der Waals surface area contributed by atoms with Gasteiger partial charge in [-0.25, -0.2) is 4.79 Å². The van der Waals surface area contributed by atoms with E-state index in [9.17, 15) is 28.8 Å². The molecule has 0 heterocycles. The number of para-hydroxylation sites is 2. The van der Waals surface area contributed by atoms with Crippen molar-refractivity contribution in [1.29, 1.82) is 5.41 Å². The Bertz CT molecular complexity index is 1950. The Morgan fingerprint density at radius 3 is 1.51 bits per heavy atom. The third kappa shape index (κ3) is 24.0. The fraction of sp³-hybridized carbons (Fsp3) is 0.479. The normalized spacial score (nSPS) is 12.6. The number of ether oxygens (including phenoxy) is 1. The Labute approximate surface area is 406 Å². The predicted molar refractivity (Wildman–Crippen MR) is 266 cm³/mol. The molecule has 0 saturated carbocycles. The molecule has 0 spiro atoms. The zero-order chi connectivity index (χ0) is 50.1. The van der Waals surface area contributed by atoms with Crippen molar-refractivity contribution in [3.8, 4) is 11.5 Å². The number of nitrogens with one attached hydrogen (secondary N) is 7. The number of guanidine groups is 1. The van der Waals surface area contributed by atoms with E-state index < -0.39 is 61.9 Å². The molecule has 20 nitrogen and oxygen atoms in total. The van der Waals surface area contributed by atoms with Gasteiger partial charge < -0.3 is 68.6 Å². The minimum absolute atomic E-state index is 0.00127. The van der Waals surface area contributed by atoms with Gasteiger partial charge in [-0.2, -0.15) is 0 Å². The summed E-state index contributed by atoms with van der Waals surface area (Å²) in [4.78, 5) is 83.1. The number of hydrogen-bond donors (Lipinski definition) is 11. The lowest BCUT2D eigenvalue weighted by Gasteiger charge is -2.27. The van der Waals surface area contributed by atoms with Gasteiger partial charge in [0.2, 0.25) is 23.6 Å². The topological polar surface area (TPSA) is 330 Å². The van der Waals surface area contributed by atoms with Gasteiger partial charge in [-0.1, -0.05) is 73.2 Å². The quantitative estimate of drug-likeness (QED) is 0.0175. The molecule has 0 radical (unpaired) electrons. The maximum Gasteiger partial charge on any atom is 0.407 e. The minimum atomic E-state index is -2.38. The first-order valence-corrected chi connectivity index (χ1v) is 24.7. The van der Waals surface area contributed by atoms with Crippen molar-refractivity contribution in [1.82, 2.24) is 31.9 Å². The molecule has 378 valence electrons.